The number of amides is 1. The van der Waals surface area contributed by atoms with Gasteiger partial charge in [0.1, 0.15) is 5.69 Å². The third kappa shape index (κ3) is 5.83. The van der Waals surface area contributed by atoms with Crippen molar-refractivity contribution in [2.75, 3.05) is 12.3 Å². The second-order valence-electron chi connectivity index (χ2n) is 8.30. The maximum absolute atomic E-state index is 13.2. The van der Waals surface area contributed by atoms with Gasteiger partial charge in [-0.15, -0.1) is 16.4 Å². The number of oxime groups is 1. The molecule has 2 aromatic rings. The molecular weight excluding hydrogens is 520 g/mol. The number of carboxylic acid groups (broad SMARTS) is 1. The lowest BCUT2D eigenvalue weighted by Gasteiger charge is -2.43. The molecule has 2 aromatic heterocycles. The van der Waals surface area contributed by atoms with E-state index in [9.17, 15) is 32.5 Å². The van der Waals surface area contributed by atoms with Gasteiger partial charge in [0, 0.05) is 24.4 Å². The number of nitrogens with zero attached hydrogens (tertiary/aromatic N) is 6. The van der Waals surface area contributed by atoms with Crippen molar-refractivity contribution in [3.05, 3.63) is 23.0 Å². The second kappa shape index (κ2) is 10.2. The van der Waals surface area contributed by atoms with E-state index in [4.69, 9.17) is 16.3 Å². The van der Waals surface area contributed by atoms with Crippen LogP contribution < -0.4 is 11.5 Å². The van der Waals surface area contributed by atoms with E-state index in [0.717, 1.165) is 11.3 Å². The Morgan fingerprint density at radius 3 is 2.61 bits per heavy atom. The zero-order chi connectivity index (χ0) is 26.8. The summed E-state index contributed by atoms with van der Waals surface area (Å²) >= 11 is 0.988. The molecule has 0 unspecified atom stereocenters. The molecule has 18 heteroatoms. The summed E-state index contributed by atoms with van der Waals surface area (Å²) in [6.45, 7) is 2.53. The number of carbonyl (C=O) groups excluding carboxylic acids is 2. The molecule has 36 heavy (non-hydrogen) atoms. The molecule has 0 radical (unpaired) electrons. The van der Waals surface area contributed by atoms with Crippen molar-refractivity contribution < 1.29 is 37.3 Å². The Morgan fingerprint density at radius 2 is 2.06 bits per heavy atom. The molecule has 6 N–H and O–H groups in total. The average molecular weight is 545 g/mol. The maximum atomic E-state index is 13.2. The minimum atomic E-state index is -4.92. The predicted octanol–water partition coefficient (Wildman–Crippen LogP) is -1.31. The Balaban J connectivity index is 1.88. The van der Waals surface area contributed by atoms with Gasteiger partial charge in [0.2, 0.25) is 11.5 Å². The summed E-state index contributed by atoms with van der Waals surface area (Å²) in [5.74, 6) is -4.34. The van der Waals surface area contributed by atoms with Crippen LogP contribution in [0.4, 0.5) is 5.13 Å². The number of hydrogen-bond acceptors (Lipinski definition) is 13. The third-order valence-electron chi connectivity index (χ3n) is 5.22. The quantitative estimate of drug-likeness (QED) is 0.105. The SMILES string of the molecule is CC(C)(O/N=C(\C(=O)C[C@@H]1C(=O)N(S(=O)(=O)O)[C@@H]1Cn1cc(CCN)nn1)c1csc(N)n1)C(=O)O. The molecule has 1 aliphatic rings. The van der Waals surface area contributed by atoms with Crippen LogP contribution in [-0.2, 0) is 42.5 Å². The van der Waals surface area contributed by atoms with Crippen LogP contribution in [0.25, 0.3) is 0 Å². The summed E-state index contributed by atoms with van der Waals surface area (Å²) in [6, 6.07) is -1.16. The Bertz CT molecular complexity index is 1300. The highest BCUT2D eigenvalue weighted by Crippen LogP contribution is 2.34. The first kappa shape index (κ1) is 27.1. The molecule has 0 aromatic carbocycles. The molecule has 196 valence electrons. The summed E-state index contributed by atoms with van der Waals surface area (Å²) in [5.41, 5.74) is 9.44. The van der Waals surface area contributed by atoms with Gasteiger partial charge in [0.25, 0.3) is 0 Å². The Labute approximate surface area is 208 Å². The third-order valence-corrected chi connectivity index (χ3v) is 6.85. The molecule has 0 saturated carbocycles. The zero-order valence-corrected chi connectivity index (χ0v) is 20.8. The van der Waals surface area contributed by atoms with Crippen LogP contribution >= 0.6 is 11.3 Å². The summed E-state index contributed by atoms with van der Waals surface area (Å²) in [4.78, 5) is 46.1. The number of ketones is 1. The van der Waals surface area contributed by atoms with Crippen molar-refractivity contribution in [1.29, 1.82) is 0 Å². The molecule has 1 amide bonds. The van der Waals surface area contributed by atoms with Crippen molar-refractivity contribution in [1.82, 2.24) is 24.3 Å². The number of carboxylic acids is 1. The van der Waals surface area contributed by atoms with E-state index in [0.29, 0.717) is 18.7 Å². The number of anilines is 1. The lowest BCUT2D eigenvalue weighted by Crippen LogP contribution is -2.64. The van der Waals surface area contributed by atoms with Crippen molar-refractivity contribution >= 4 is 50.1 Å². The normalized spacial score (nSPS) is 18.7. The maximum Gasteiger partial charge on any atom is 0.362 e. The number of rotatable bonds is 12. The molecule has 3 heterocycles. The van der Waals surface area contributed by atoms with Crippen LogP contribution in [0.3, 0.4) is 0 Å². The molecule has 0 spiro atoms. The van der Waals surface area contributed by atoms with Gasteiger partial charge in [-0.2, -0.15) is 8.42 Å². The predicted molar refractivity (Wildman–Crippen MR) is 124 cm³/mol. The smallest absolute Gasteiger partial charge is 0.362 e. The van der Waals surface area contributed by atoms with Crippen LogP contribution in [0.5, 0.6) is 0 Å². The number of Topliss-reactive ketones (excluding diaryl/α,β-unsaturated/α-hetero) is 1. The standard InChI is InChI=1S/C18H24N8O8S2/c1-18(2,16(29)30)34-23-14(11-8-35-17(20)21-11)13(27)5-10-12(26(15(10)28)36(31,32)33)7-25-6-9(3-4-19)22-24-25/h6,8,10,12H,3-5,7,19H2,1-2H3,(H2,20,21)(H,29,30)(H,31,32,33)/b23-14-/t10-,12+/m0/s1. The number of aliphatic carboxylic acids is 1. The monoisotopic (exact) mass is 544 g/mol. The van der Waals surface area contributed by atoms with E-state index in [-0.39, 0.29) is 21.7 Å². The van der Waals surface area contributed by atoms with Gasteiger partial charge >= 0.3 is 16.3 Å². The van der Waals surface area contributed by atoms with E-state index in [1.165, 1.54) is 30.1 Å². The molecule has 1 aliphatic heterocycles. The number of hydrogen-bond donors (Lipinski definition) is 4. The fourth-order valence-corrected chi connectivity index (χ4v) is 4.76. The second-order valence-corrected chi connectivity index (χ2v) is 10.5. The van der Waals surface area contributed by atoms with Gasteiger partial charge in [0.15, 0.2) is 16.6 Å². The van der Waals surface area contributed by atoms with Gasteiger partial charge in [-0.25, -0.2) is 14.1 Å². The highest BCUT2D eigenvalue weighted by molar-refractivity contribution is 7.84. The van der Waals surface area contributed by atoms with Gasteiger partial charge in [0.05, 0.1) is 24.2 Å². The van der Waals surface area contributed by atoms with Crippen LogP contribution in [0.1, 0.15) is 31.7 Å². The minimum absolute atomic E-state index is 0.0126. The van der Waals surface area contributed by atoms with Gasteiger partial charge < -0.3 is 21.4 Å². The largest absolute Gasteiger partial charge is 0.478 e. The Kier molecular flexibility index (Phi) is 7.72. The van der Waals surface area contributed by atoms with E-state index < -0.39 is 57.7 Å². The summed E-state index contributed by atoms with van der Waals surface area (Å²) in [6.07, 6.45) is 1.37. The lowest BCUT2D eigenvalue weighted by atomic mass is 9.84. The number of nitrogen functional groups attached to an aromatic ring is 1. The highest BCUT2D eigenvalue weighted by atomic mass is 32.2. The number of carbonyl (C=O) groups is 3. The van der Waals surface area contributed by atoms with E-state index in [1.807, 2.05) is 0 Å². The lowest BCUT2D eigenvalue weighted by molar-refractivity contribution is -0.161. The summed E-state index contributed by atoms with van der Waals surface area (Å²) < 4.78 is 34.6. The van der Waals surface area contributed by atoms with Crippen LogP contribution in [0, 0.1) is 5.92 Å². The molecule has 16 nitrogen and oxygen atoms in total. The van der Waals surface area contributed by atoms with Crippen molar-refractivity contribution in [2.45, 2.75) is 44.9 Å². The number of nitrogens with two attached hydrogens (primary N) is 2. The van der Waals surface area contributed by atoms with Crippen molar-refractivity contribution in [2.24, 2.45) is 16.8 Å². The fourth-order valence-electron chi connectivity index (χ4n) is 3.30. The van der Waals surface area contributed by atoms with Gasteiger partial charge in [-0.3, -0.25) is 18.8 Å². The first-order chi connectivity index (χ1) is 16.7. The number of β-lactam (4-membered cyclic amide) rings is 1. The van der Waals surface area contributed by atoms with Gasteiger partial charge in [-0.1, -0.05) is 10.4 Å². The molecule has 1 fully saturated rings. The average Bonchev–Trinajstić information content (AvgIpc) is 3.39. The van der Waals surface area contributed by atoms with Gasteiger partial charge in [-0.05, 0) is 20.4 Å². The fraction of sp³-hybridized carbons (Fsp3) is 0.500. The first-order valence-electron chi connectivity index (χ1n) is 10.4. The van der Waals surface area contributed by atoms with E-state index in [1.54, 1.807) is 0 Å². The van der Waals surface area contributed by atoms with Crippen molar-refractivity contribution in [3.8, 4) is 0 Å². The molecule has 3 rings (SSSR count). The van der Waals surface area contributed by atoms with Crippen LogP contribution in [0.2, 0.25) is 0 Å². The Hall–Kier alpha value is -3.48. The zero-order valence-electron chi connectivity index (χ0n) is 19.1. The Morgan fingerprint density at radius 1 is 1.36 bits per heavy atom. The van der Waals surface area contributed by atoms with Crippen molar-refractivity contribution in [3.63, 3.8) is 0 Å². The molecule has 1 saturated heterocycles. The summed E-state index contributed by atoms with van der Waals surface area (Å²) in [5, 5.41) is 22.2. The van der Waals surface area contributed by atoms with E-state index in [2.05, 4.69) is 20.5 Å². The molecular formula is C18H24N8O8S2. The topological polar surface area (TPSA) is 246 Å². The summed E-state index contributed by atoms with van der Waals surface area (Å²) in [7, 11) is -4.92. The number of aromatic nitrogens is 4. The van der Waals surface area contributed by atoms with Crippen LogP contribution in [-0.4, -0.2) is 83.9 Å². The molecule has 2 atom stereocenters. The first-order valence-corrected chi connectivity index (χ1v) is 12.7. The minimum Gasteiger partial charge on any atom is -0.478 e. The molecule has 0 aliphatic carbocycles. The number of thiazole rings is 1. The highest BCUT2D eigenvalue weighted by Gasteiger charge is 2.54. The van der Waals surface area contributed by atoms with Crippen LogP contribution in [0.15, 0.2) is 16.7 Å². The molecule has 0 bridgehead atoms. The van der Waals surface area contributed by atoms with E-state index >= 15 is 0 Å².